The van der Waals surface area contributed by atoms with Gasteiger partial charge in [-0.15, -0.1) is 0 Å². The van der Waals surface area contributed by atoms with E-state index in [-0.39, 0.29) is 36.4 Å². The average Bonchev–Trinajstić information content (AvgIpc) is 3.66. The quantitative estimate of drug-likeness (QED) is 0.173. The van der Waals surface area contributed by atoms with Gasteiger partial charge in [-0.25, -0.2) is 0 Å². The van der Waals surface area contributed by atoms with E-state index < -0.39 is 109 Å². The fourth-order valence-corrected chi connectivity index (χ4v) is 13.8. The maximum Gasteiger partial charge on any atom is 0.187 e. The second-order valence-electron chi connectivity index (χ2n) is 20.7. The van der Waals surface area contributed by atoms with Gasteiger partial charge in [-0.3, -0.25) is 0 Å². The van der Waals surface area contributed by atoms with Crippen LogP contribution in [0.4, 0.5) is 0 Å². The molecular formula is C44H70O16. The predicted molar refractivity (Wildman–Crippen MR) is 208 cm³/mol. The van der Waals surface area contributed by atoms with Gasteiger partial charge in [0.25, 0.3) is 0 Å². The second kappa shape index (κ2) is 16.2. The summed E-state index contributed by atoms with van der Waals surface area (Å²) in [5.74, 6) is 1.67. The second-order valence-corrected chi connectivity index (χ2v) is 20.7. The fourth-order valence-electron chi connectivity index (χ4n) is 13.8. The minimum Gasteiger partial charge on any atom is -0.393 e. The van der Waals surface area contributed by atoms with Crippen molar-refractivity contribution in [3.63, 3.8) is 0 Å². The first-order valence-corrected chi connectivity index (χ1v) is 22.7. The Kier molecular flexibility index (Phi) is 12.0. The predicted octanol–water partition coefficient (Wildman–Crippen LogP) is 0.852. The first-order valence-electron chi connectivity index (χ1n) is 22.7. The molecule has 9 rings (SSSR count). The molecule has 26 atom stereocenters. The summed E-state index contributed by atoms with van der Waals surface area (Å²) in [6.45, 7) is 12.8. The Balaban J connectivity index is 1.01. The number of hydrogen-bond donors (Lipinski definition) is 8. The molecular weight excluding hydrogens is 784 g/mol. The van der Waals surface area contributed by atoms with Crippen molar-refractivity contribution in [2.24, 2.45) is 46.3 Å². The highest BCUT2D eigenvalue weighted by Gasteiger charge is 2.69. The first kappa shape index (κ1) is 44.3. The van der Waals surface area contributed by atoms with Crippen LogP contribution in [0.25, 0.3) is 0 Å². The molecule has 0 aromatic rings. The third-order valence-corrected chi connectivity index (χ3v) is 17.3. The molecule has 5 saturated heterocycles. The Labute approximate surface area is 352 Å². The van der Waals surface area contributed by atoms with E-state index in [1.165, 1.54) is 6.92 Å². The smallest absolute Gasteiger partial charge is 0.187 e. The van der Waals surface area contributed by atoms with Crippen LogP contribution in [0.15, 0.2) is 11.6 Å². The van der Waals surface area contributed by atoms with Crippen molar-refractivity contribution in [2.45, 2.75) is 203 Å². The van der Waals surface area contributed by atoms with Crippen LogP contribution in [-0.4, -0.2) is 164 Å². The van der Waals surface area contributed by atoms with Gasteiger partial charge >= 0.3 is 0 Å². The van der Waals surface area contributed by atoms with E-state index in [9.17, 15) is 40.9 Å². The summed E-state index contributed by atoms with van der Waals surface area (Å²) in [7, 11) is 0. The van der Waals surface area contributed by atoms with Gasteiger partial charge in [0, 0.05) is 24.2 Å². The summed E-state index contributed by atoms with van der Waals surface area (Å²) < 4.78 is 51.1. The van der Waals surface area contributed by atoms with Crippen molar-refractivity contribution in [2.75, 3.05) is 13.2 Å². The molecule has 0 unspecified atom stereocenters. The maximum absolute atomic E-state index is 11.6. The van der Waals surface area contributed by atoms with Crippen molar-refractivity contribution >= 4 is 0 Å². The summed E-state index contributed by atoms with van der Waals surface area (Å²) in [4.78, 5) is 0. The molecule has 5 aliphatic heterocycles. The number of fused-ring (bicyclic) bond motifs is 7. The lowest BCUT2D eigenvalue weighted by molar-refractivity contribution is -0.391. The molecule has 8 N–H and O–H groups in total. The summed E-state index contributed by atoms with van der Waals surface area (Å²) in [5.41, 5.74) is 0.681. The highest BCUT2D eigenvalue weighted by atomic mass is 16.8. The molecule has 0 bridgehead atoms. The molecule has 5 heterocycles. The van der Waals surface area contributed by atoms with Gasteiger partial charge in [-0.05, 0) is 87.4 Å². The van der Waals surface area contributed by atoms with Gasteiger partial charge in [-0.2, -0.15) is 0 Å². The standard InChI is InChI=1S/C44H70O16/c1-18-9-12-44(54-16-18)19(2)30-28(60-44)15-26-24-8-7-22-13-23(45)14-29(43(22,6)25(24)10-11-42(26,30)5)57-41-38(59-40-36(52)34(50)31(47)20(3)55-40)37(32(48)21(4)56-41)58-39-35(51)33(49)27(46)17-53-39/h7,18-21,23-41,45-52H,8-17H2,1-6H3/t18-,19-,20-,21+,23+,24-,25+,26-,27+,28-,29+,30-,31-,32-,33-,34+,35+,36+,37-,38+,39-,40-,41-,42-,43-,44+/m0/s1. The molecule has 0 aromatic carbocycles. The molecule has 16 nitrogen and oxygen atoms in total. The molecule has 3 saturated carbocycles. The van der Waals surface area contributed by atoms with Crippen molar-refractivity contribution in [1.82, 2.24) is 0 Å². The van der Waals surface area contributed by atoms with Crippen molar-refractivity contribution in [3.05, 3.63) is 11.6 Å². The van der Waals surface area contributed by atoms with E-state index in [0.29, 0.717) is 30.1 Å². The lowest BCUT2D eigenvalue weighted by Crippen LogP contribution is -2.66. The van der Waals surface area contributed by atoms with Crippen molar-refractivity contribution < 1.29 is 78.7 Å². The average molecular weight is 855 g/mol. The third kappa shape index (κ3) is 7.01. The molecule has 16 heteroatoms. The molecule has 8 fully saturated rings. The summed E-state index contributed by atoms with van der Waals surface area (Å²) in [6, 6.07) is 0. The molecule has 342 valence electrons. The van der Waals surface area contributed by atoms with Gasteiger partial charge in [0.05, 0.1) is 43.7 Å². The summed E-state index contributed by atoms with van der Waals surface area (Å²) in [5, 5.41) is 86.8. The SMILES string of the molecule is C[C@H]1CC[C@@]2(OC1)O[C@H]1C[C@H]3[C@H]4CC=C5C[C@@H](O)C[C@@H](O[C@@H]6O[C@H](C)[C@H](O)[C@H](O[C@@H]7OC[C@@H](O)[C@H](O)[C@H]7O)[C@H]6O[C@@H]6O[C@@H](C)[C@H](O)[C@@H](O)[C@H]6O)[C@]5(C)[C@@H]4CC[C@]3(C)[C@H]1[C@@H]2C. The van der Waals surface area contributed by atoms with Gasteiger partial charge in [0.2, 0.25) is 0 Å². The zero-order valence-corrected chi connectivity index (χ0v) is 35.8. The van der Waals surface area contributed by atoms with E-state index in [4.69, 9.17) is 37.9 Å². The molecule has 0 amide bonds. The van der Waals surface area contributed by atoms with Crippen molar-refractivity contribution in [1.29, 1.82) is 0 Å². The number of hydrogen-bond acceptors (Lipinski definition) is 16. The molecule has 1 spiro atoms. The number of ether oxygens (including phenoxy) is 8. The fraction of sp³-hybridized carbons (Fsp3) is 0.955. The number of allylic oxidation sites excluding steroid dienone is 1. The molecule has 60 heavy (non-hydrogen) atoms. The molecule has 0 aromatic heterocycles. The Morgan fingerprint density at radius 3 is 2.12 bits per heavy atom. The molecule has 0 radical (unpaired) electrons. The van der Waals surface area contributed by atoms with Crippen LogP contribution in [0.5, 0.6) is 0 Å². The zero-order chi connectivity index (χ0) is 42.8. The van der Waals surface area contributed by atoms with Crippen LogP contribution in [-0.2, 0) is 37.9 Å². The Morgan fingerprint density at radius 1 is 0.683 bits per heavy atom. The molecule has 4 aliphatic carbocycles. The minimum absolute atomic E-state index is 0.0699. The van der Waals surface area contributed by atoms with Gasteiger partial charge < -0.3 is 78.7 Å². The summed E-state index contributed by atoms with van der Waals surface area (Å²) >= 11 is 0. The number of aliphatic hydroxyl groups excluding tert-OH is 8. The lowest BCUT2D eigenvalue weighted by Gasteiger charge is -2.60. The van der Waals surface area contributed by atoms with Gasteiger partial charge in [0.1, 0.15) is 54.9 Å². The van der Waals surface area contributed by atoms with E-state index >= 15 is 0 Å². The van der Waals surface area contributed by atoms with Crippen LogP contribution in [0.2, 0.25) is 0 Å². The largest absolute Gasteiger partial charge is 0.393 e. The maximum atomic E-state index is 11.6. The zero-order valence-electron chi connectivity index (χ0n) is 35.8. The van der Waals surface area contributed by atoms with Crippen molar-refractivity contribution in [3.8, 4) is 0 Å². The Hall–Kier alpha value is -0.900. The topological polar surface area (TPSA) is 236 Å². The Morgan fingerprint density at radius 2 is 1.38 bits per heavy atom. The highest BCUT2D eigenvalue weighted by molar-refractivity contribution is 5.29. The molecule has 9 aliphatic rings. The van der Waals surface area contributed by atoms with Gasteiger partial charge in [-0.1, -0.05) is 39.3 Å². The van der Waals surface area contributed by atoms with E-state index in [0.717, 1.165) is 50.7 Å². The van der Waals surface area contributed by atoms with Crippen LogP contribution < -0.4 is 0 Å². The number of rotatable bonds is 6. The van der Waals surface area contributed by atoms with Crippen LogP contribution in [0, 0.1) is 46.3 Å². The Bertz CT molecular complexity index is 1580. The minimum atomic E-state index is -1.72. The monoisotopic (exact) mass is 854 g/mol. The lowest BCUT2D eigenvalue weighted by atomic mass is 9.46. The first-order chi connectivity index (χ1) is 28.4. The normalized spacial score (nSPS) is 59.2. The number of aliphatic hydroxyl groups is 8. The van der Waals surface area contributed by atoms with Gasteiger partial charge in [0.15, 0.2) is 24.7 Å². The van der Waals surface area contributed by atoms with E-state index in [1.54, 1.807) is 6.92 Å². The van der Waals surface area contributed by atoms with E-state index in [1.807, 2.05) is 0 Å². The van der Waals surface area contributed by atoms with Crippen LogP contribution >= 0.6 is 0 Å². The third-order valence-electron chi connectivity index (χ3n) is 17.3. The van der Waals surface area contributed by atoms with Crippen LogP contribution in [0.3, 0.4) is 0 Å². The highest BCUT2D eigenvalue weighted by Crippen LogP contribution is 2.71. The van der Waals surface area contributed by atoms with Crippen LogP contribution in [0.1, 0.15) is 92.9 Å². The van der Waals surface area contributed by atoms with E-state index in [2.05, 4.69) is 33.8 Å². The summed E-state index contributed by atoms with van der Waals surface area (Å²) in [6.07, 6.45) is -12.0.